The minimum Gasteiger partial charge on any atom is -0.330 e. The molecule has 0 atom stereocenters. The maximum absolute atomic E-state index is 11.3. The number of hydrazine groups is 1. The first-order valence-corrected chi connectivity index (χ1v) is 5.70. The number of aromatic nitrogens is 2. The highest BCUT2D eigenvalue weighted by Crippen LogP contribution is 2.10. The number of hydrogen-bond acceptors (Lipinski definition) is 3. The lowest BCUT2D eigenvalue weighted by molar-refractivity contribution is 0.0953. The number of nitrogen functional groups attached to an aromatic ring is 1. The van der Waals surface area contributed by atoms with E-state index in [4.69, 9.17) is 5.84 Å². The van der Waals surface area contributed by atoms with Gasteiger partial charge in [0.05, 0.1) is 12.0 Å². The molecule has 0 fully saturated rings. The van der Waals surface area contributed by atoms with E-state index in [1.807, 2.05) is 32.3 Å². The van der Waals surface area contributed by atoms with Gasteiger partial charge in [-0.1, -0.05) is 12.1 Å². The third-order valence-electron chi connectivity index (χ3n) is 3.05. The fourth-order valence-corrected chi connectivity index (χ4v) is 1.75. The SMILES string of the molecule is Cc1ncn(Cc2ccc(C(=O)NN)cc2)c1C. The van der Waals surface area contributed by atoms with Crippen molar-refractivity contribution in [3.05, 3.63) is 53.1 Å². The molecule has 0 spiro atoms. The van der Waals surface area contributed by atoms with Gasteiger partial charge in [-0.15, -0.1) is 0 Å². The van der Waals surface area contributed by atoms with Gasteiger partial charge in [0.1, 0.15) is 0 Å². The van der Waals surface area contributed by atoms with E-state index in [2.05, 4.69) is 15.0 Å². The highest BCUT2D eigenvalue weighted by molar-refractivity contribution is 5.93. The maximum atomic E-state index is 11.3. The summed E-state index contributed by atoms with van der Waals surface area (Å²) < 4.78 is 2.08. The van der Waals surface area contributed by atoms with Gasteiger partial charge in [0.25, 0.3) is 5.91 Å². The molecule has 5 heteroatoms. The second kappa shape index (κ2) is 5.01. The van der Waals surface area contributed by atoms with E-state index in [9.17, 15) is 4.79 Å². The molecule has 1 heterocycles. The zero-order valence-corrected chi connectivity index (χ0v) is 10.5. The highest BCUT2D eigenvalue weighted by Gasteiger charge is 2.05. The minimum absolute atomic E-state index is 0.281. The molecule has 1 aromatic heterocycles. The molecule has 0 saturated heterocycles. The maximum Gasteiger partial charge on any atom is 0.265 e. The van der Waals surface area contributed by atoms with E-state index in [-0.39, 0.29) is 5.91 Å². The van der Waals surface area contributed by atoms with Crippen molar-refractivity contribution in [2.24, 2.45) is 5.84 Å². The summed E-state index contributed by atoms with van der Waals surface area (Å²) in [5.74, 6) is 4.80. The van der Waals surface area contributed by atoms with Gasteiger partial charge in [-0.25, -0.2) is 10.8 Å². The van der Waals surface area contributed by atoms with E-state index >= 15 is 0 Å². The molecule has 0 aliphatic carbocycles. The van der Waals surface area contributed by atoms with E-state index in [1.54, 1.807) is 12.1 Å². The first-order valence-electron chi connectivity index (χ1n) is 5.70. The van der Waals surface area contributed by atoms with Crippen molar-refractivity contribution in [3.8, 4) is 0 Å². The lowest BCUT2D eigenvalue weighted by Crippen LogP contribution is -2.29. The quantitative estimate of drug-likeness (QED) is 0.483. The Hall–Kier alpha value is -2.14. The Labute approximate surface area is 106 Å². The summed E-state index contributed by atoms with van der Waals surface area (Å²) in [6, 6.07) is 7.35. The van der Waals surface area contributed by atoms with E-state index in [0.717, 1.165) is 23.5 Å². The van der Waals surface area contributed by atoms with Crippen LogP contribution < -0.4 is 11.3 Å². The van der Waals surface area contributed by atoms with Crippen LogP contribution in [-0.2, 0) is 6.54 Å². The number of aryl methyl sites for hydroxylation is 1. The fraction of sp³-hybridized carbons (Fsp3) is 0.231. The average molecular weight is 244 g/mol. The molecule has 0 aliphatic rings. The summed E-state index contributed by atoms with van der Waals surface area (Å²) in [6.45, 7) is 4.77. The molecule has 5 nitrogen and oxygen atoms in total. The number of nitrogens with one attached hydrogen (secondary N) is 1. The topological polar surface area (TPSA) is 72.9 Å². The van der Waals surface area contributed by atoms with Gasteiger partial charge in [0.15, 0.2) is 0 Å². The molecule has 0 radical (unpaired) electrons. The second-order valence-electron chi connectivity index (χ2n) is 4.21. The predicted molar refractivity (Wildman–Crippen MR) is 68.9 cm³/mol. The normalized spacial score (nSPS) is 10.4. The monoisotopic (exact) mass is 244 g/mol. The van der Waals surface area contributed by atoms with Crippen LogP contribution in [0.25, 0.3) is 0 Å². The van der Waals surface area contributed by atoms with Crippen LogP contribution in [0.3, 0.4) is 0 Å². The Kier molecular flexibility index (Phi) is 3.43. The van der Waals surface area contributed by atoms with Gasteiger partial charge < -0.3 is 4.57 Å². The number of imidazole rings is 1. The molecule has 1 aromatic carbocycles. The van der Waals surface area contributed by atoms with Crippen molar-refractivity contribution in [2.45, 2.75) is 20.4 Å². The number of carbonyl (C=O) groups is 1. The number of rotatable bonds is 3. The van der Waals surface area contributed by atoms with Gasteiger partial charge in [0.2, 0.25) is 0 Å². The Morgan fingerprint density at radius 3 is 2.50 bits per heavy atom. The smallest absolute Gasteiger partial charge is 0.265 e. The minimum atomic E-state index is -0.281. The summed E-state index contributed by atoms with van der Waals surface area (Å²) in [5.41, 5.74) is 5.97. The highest BCUT2D eigenvalue weighted by atomic mass is 16.2. The Balaban J connectivity index is 2.16. The number of hydrogen-bond donors (Lipinski definition) is 2. The van der Waals surface area contributed by atoms with Crippen molar-refractivity contribution < 1.29 is 4.79 Å². The third-order valence-corrected chi connectivity index (χ3v) is 3.05. The van der Waals surface area contributed by atoms with Crippen molar-refractivity contribution in [1.82, 2.24) is 15.0 Å². The number of nitrogens with two attached hydrogens (primary N) is 1. The van der Waals surface area contributed by atoms with Crippen LogP contribution >= 0.6 is 0 Å². The van der Waals surface area contributed by atoms with Crippen LogP contribution in [0.2, 0.25) is 0 Å². The van der Waals surface area contributed by atoms with Crippen molar-refractivity contribution in [1.29, 1.82) is 0 Å². The largest absolute Gasteiger partial charge is 0.330 e. The van der Waals surface area contributed by atoms with Crippen molar-refractivity contribution in [3.63, 3.8) is 0 Å². The summed E-state index contributed by atoms with van der Waals surface area (Å²) in [6.07, 6.45) is 1.82. The standard InChI is InChI=1S/C13H16N4O/c1-9-10(2)17(8-15-9)7-11-3-5-12(6-4-11)13(18)16-14/h3-6,8H,7,14H2,1-2H3,(H,16,18). The molecule has 94 valence electrons. The Bertz CT molecular complexity index is 557. The molecule has 0 unspecified atom stereocenters. The van der Waals surface area contributed by atoms with Crippen molar-refractivity contribution >= 4 is 5.91 Å². The van der Waals surface area contributed by atoms with Gasteiger partial charge in [0, 0.05) is 17.8 Å². The van der Waals surface area contributed by atoms with Crippen LogP contribution in [-0.4, -0.2) is 15.5 Å². The van der Waals surface area contributed by atoms with E-state index < -0.39 is 0 Å². The molecule has 2 aromatic rings. The first kappa shape index (κ1) is 12.3. The molecule has 3 N–H and O–H groups in total. The molecule has 0 bridgehead atoms. The first-order chi connectivity index (χ1) is 8.61. The van der Waals surface area contributed by atoms with Crippen LogP contribution in [0.1, 0.15) is 27.3 Å². The number of amides is 1. The fourth-order valence-electron chi connectivity index (χ4n) is 1.75. The average Bonchev–Trinajstić information content (AvgIpc) is 2.71. The Morgan fingerprint density at radius 2 is 2.00 bits per heavy atom. The number of nitrogens with zero attached hydrogens (tertiary/aromatic N) is 2. The number of benzene rings is 1. The summed E-state index contributed by atoms with van der Waals surface area (Å²) >= 11 is 0. The molecule has 0 aliphatic heterocycles. The molecular formula is C13H16N4O. The van der Waals surface area contributed by atoms with E-state index in [0.29, 0.717) is 5.56 Å². The van der Waals surface area contributed by atoms with Gasteiger partial charge in [-0.2, -0.15) is 0 Å². The second-order valence-corrected chi connectivity index (χ2v) is 4.21. The lowest BCUT2D eigenvalue weighted by Gasteiger charge is -2.06. The molecule has 18 heavy (non-hydrogen) atoms. The van der Waals surface area contributed by atoms with Gasteiger partial charge in [-0.3, -0.25) is 10.2 Å². The molecule has 1 amide bonds. The molecular weight excluding hydrogens is 228 g/mol. The summed E-state index contributed by atoms with van der Waals surface area (Å²) in [4.78, 5) is 15.5. The number of carbonyl (C=O) groups excluding carboxylic acids is 1. The van der Waals surface area contributed by atoms with Crippen molar-refractivity contribution in [2.75, 3.05) is 0 Å². The lowest BCUT2D eigenvalue weighted by atomic mass is 10.1. The predicted octanol–water partition coefficient (Wildman–Crippen LogP) is 1.15. The zero-order chi connectivity index (χ0) is 13.1. The summed E-state index contributed by atoms with van der Waals surface area (Å²) in [5, 5.41) is 0. The zero-order valence-electron chi connectivity index (χ0n) is 10.5. The third kappa shape index (κ3) is 2.41. The molecule has 0 saturated carbocycles. The van der Waals surface area contributed by atoms with E-state index in [1.165, 1.54) is 0 Å². The van der Waals surface area contributed by atoms with Gasteiger partial charge in [-0.05, 0) is 31.5 Å². The van der Waals surface area contributed by atoms with Crippen LogP contribution in [0.5, 0.6) is 0 Å². The van der Waals surface area contributed by atoms with Crippen LogP contribution in [0.4, 0.5) is 0 Å². The van der Waals surface area contributed by atoms with Crippen LogP contribution in [0.15, 0.2) is 30.6 Å². The van der Waals surface area contributed by atoms with Crippen LogP contribution in [0, 0.1) is 13.8 Å². The summed E-state index contributed by atoms with van der Waals surface area (Å²) in [7, 11) is 0. The van der Waals surface area contributed by atoms with Gasteiger partial charge >= 0.3 is 0 Å². The Morgan fingerprint density at radius 1 is 1.33 bits per heavy atom. The molecule has 2 rings (SSSR count).